The fourth-order valence-electron chi connectivity index (χ4n) is 5.31. The Morgan fingerprint density at radius 3 is 1.68 bits per heavy atom. The maximum absolute atomic E-state index is 12.7. The van der Waals surface area contributed by atoms with Crippen molar-refractivity contribution in [3.8, 4) is 0 Å². The van der Waals surface area contributed by atoms with Crippen LogP contribution in [0.15, 0.2) is 60.7 Å². The third kappa shape index (κ3) is 12.2. The first-order chi connectivity index (χ1) is 18.8. The van der Waals surface area contributed by atoms with E-state index in [1.165, 1.54) is 0 Å². The number of hydrogen-bond donors (Lipinski definition) is 2. The van der Waals surface area contributed by atoms with E-state index in [4.69, 9.17) is 9.47 Å². The highest BCUT2D eigenvalue weighted by Crippen LogP contribution is 2.33. The van der Waals surface area contributed by atoms with Gasteiger partial charge in [0.05, 0.1) is 24.0 Å². The number of carbonyl (C=O) groups excluding carboxylic acids is 2. The Hall–Kier alpha value is -2.70. The molecule has 0 amide bonds. The average molecular weight is 555 g/mol. The topological polar surface area (TPSA) is 93.1 Å². The molecule has 2 N–H and O–H groups in total. The Kier molecular flexibility index (Phi) is 13.3. The van der Waals surface area contributed by atoms with Gasteiger partial charge in [-0.05, 0) is 74.3 Å². The molecule has 0 saturated heterocycles. The molecule has 0 heterocycles. The standard InChI is InChI=1S/C34H50O6/c1-25(20-33(3,4)22-31(37)39-23-27-14-9-7-10-15-27)29(35)18-13-19-30(36)26(2)21-34(5,6)32(38)40-24-28-16-11-8-12-17-28/h7-12,14-17,25-26,29-30,35-36H,13,18-24H2,1-6H3. The lowest BCUT2D eigenvalue weighted by Gasteiger charge is -2.30. The lowest BCUT2D eigenvalue weighted by atomic mass is 9.78. The van der Waals surface area contributed by atoms with Crippen molar-refractivity contribution in [1.29, 1.82) is 0 Å². The van der Waals surface area contributed by atoms with Gasteiger partial charge in [0.15, 0.2) is 0 Å². The summed E-state index contributed by atoms with van der Waals surface area (Å²) in [5, 5.41) is 21.5. The quantitative estimate of drug-likeness (QED) is 0.208. The number of aliphatic hydroxyl groups excluding tert-OH is 2. The van der Waals surface area contributed by atoms with Gasteiger partial charge >= 0.3 is 11.9 Å². The molecule has 0 aromatic heterocycles. The highest BCUT2D eigenvalue weighted by molar-refractivity contribution is 5.75. The second-order valence-electron chi connectivity index (χ2n) is 12.9. The Morgan fingerprint density at radius 1 is 0.725 bits per heavy atom. The predicted octanol–water partition coefficient (Wildman–Crippen LogP) is 6.86. The molecule has 2 rings (SSSR count). The molecule has 0 fully saturated rings. The van der Waals surface area contributed by atoms with E-state index >= 15 is 0 Å². The molecule has 40 heavy (non-hydrogen) atoms. The molecule has 6 heteroatoms. The van der Waals surface area contributed by atoms with E-state index in [1.807, 2.05) is 102 Å². The number of aliphatic hydroxyl groups is 2. The van der Waals surface area contributed by atoms with Gasteiger partial charge in [-0.25, -0.2) is 0 Å². The molecule has 2 aromatic rings. The lowest BCUT2D eigenvalue weighted by molar-refractivity contribution is -0.157. The molecule has 4 unspecified atom stereocenters. The first-order valence-electron chi connectivity index (χ1n) is 14.6. The van der Waals surface area contributed by atoms with Gasteiger partial charge in [0, 0.05) is 0 Å². The van der Waals surface area contributed by atoms with Gasteiger partial charge in [-0.2, -0.15) is 0 Å². The molecule has 222 valence electrons. The second kappa shape index (κ2) is 15.9. The van der Waals surface area contributed by atoms with Crippen LogP contribution in [-0.4, -0.2) is 34.4 Å². The number of hydrogen-bond acceptors (Lipinski definition) is 6. The molecule has 4 atom stereocenters. The summed E-state index contributed by atoms with van der Waals surface area (Å²) in [6, 6.07) is 19.2. The third-order valence-electron chi connectivity index (χ3n) is 7.65. The van der Waals surface area contributed by atoms with Crippen LogP contribution in [0.1, 0.15) is 91.2 Å². The molecule has 0 aliphatic carbocycles. The van der Waals surface area contributed by atoms with Crippen molar-refractivity contribution in [2.75, 3.05) is 0 Å². The molecule has 6 nitrogen and oxygen atoms in total. The van der Waals surface area contributed by atoms with Crippen molar-refractivity contribution in [2.24, 2.45) is 22.7 Å². The fraction of sp³-hybridized carbons (Fsp3) is 0.588. The fourth-order valence-corrected chi connectivity index (χ4v) is 5.31. The van der Waals surface area contributed by atoms with E-state index in [2.05, 4.69) is 0 Å². The number of rotatable bonds is 17. The van der Waals surface area contributed by atoms with Crippen molar-refractivity contribution in [2.45, 2.75) is 105 Å². The van der Waals surface area contributed by atoms with Gasteiger partial charge in [0.1, 0.15) is 13.2 Å². The monoisotopic (exact) mass is 554 g/mol. The summed E-state index contributed by atoms with van der Waals surface area (Å²) in [5.41, 5.74) is 0.888. The van der Waals surface area contributed by atoms with E-state index in [-0.39, 0.29) is 48.8 Å². The molecule has 0 spiro atoms. The van der Waals surface area contributed by atoms with Gasteiger partial charge in [0.25, 0.3) is 0 Å². The predicted molar refractivity (Wildman–Crippen MR) is 158 cm³/mol. The highest BCUT2D eigenvalue weighted by Gasteiger charge is 2.33. The van der Waals surface area contributed by atoms with Crippen LogP contribution in [0.5, 0.6) is 0 Å². The molecule has 2 aromatic carbocycles. The van der Waals surface area contributed by atoms with Crippen LogP contribution in [0, 0.1) is 22.7 Å². The minimum Gasteiger partial charge on any atom is -0.461 e. The van der Waals surface area contributed by atoms with E-state index in [1.54, 1.807) is 0 Å². The largest absolute Gasteiger partial charge is 0.461 e. The molecule has 0 radical (unpaired) electrons. The maximum atomic E-state index is 12.7. The van der Waals surface area contributed by atoms with Crippen molar-refractivity contribution >= 4 is 11.9 Å². The minimum absolute atomic E-state index is 0.00445. The summed E-state index contributed by atoms with van der Waals surface area (Å²) in [5.74, 6) is -0.592. The molecule has 0 bridgehead atoms. The van der Waals surface area contributed by atoms with Gasteiger partial charge in [-0.3, -0.25) is 9.59 Å². The van der Waals surface area contributed by atoms with Gasteiger partial charge in [-0.1, -0.05) is 88.4 Å². The highest BCUT2D eigenvalue weighted by atomic mass is 16.5. The van der Waals surface area contributed by atoms with Crippen LogP contribution in [-0.2, 0) is 32.3 Å². The maximum Gasteiger partial charge on any atom is 0.311 e. The zero-order chi connectivity index (χ0) is 29.8. The van der Waals surface area contributed by atoms with Crippen molar-refractivity contribution in [3.63, 3.8) is 0 Å². The van der Waals surface area contributed by atoms with Crippen LogP contribution < -0.4 is 0 Å². The smallest absolute Gasteiger partial charge is 0.311 e. The van der Waals surface area contributed by atoms with Crippen molar-refractivity contribution < 1.29 is 29.3 Å². The van der Waals surface area contributed by atoms with Crippen LogP contribution in [0.25, 0.3) is 0 Å². The van der Waals surface area contributed by atoms with Gasteiger partial charge in [0.2, 0.25) is 0 Å². The molecular formula is C34H50O6. The van der Waals surface area contributed by atoms with Crippen LogP contribution in [0.4, 0.5) is 0 Å². The van der Waals surface area contributed by atoms with E-state index in [9.17, 15) is 19.8 Å². The van der Waals surface area contributed by atoms with E-state index < -0.39 is 17.6 Å². The Labute approximate surface area is 241 Å². The summed E-state index contributed by atoms with van der Waals surface area (Å²) < 4.78 is 11.0. The average Bonchev–Trinajstić information content (AvgIpc) is 2.90. The zero-order valence-electron chi connectivity index (χ0n) is 25.3. The molecule has 0 saturated carbocycles. The van der Waals surface area contributed by atoms with Crippen LogP contribution >= 0.6 is 0 Å². The minimum atomic E-state index is -0.711. The summed E-state index contributed by atoms with van der Waals surface area (Å²) in [6.45, 7) is 12.2. The summed E-state index contributed by atoms with van der Waals surface area (Å²) >= 11 is 0. The van der Waals surface area contributed by atoms with Crippen LogP contribution in [0.2, 0.25) is 0 Å². The number of carbonyl (C=O) groups is 2. The summed E-state index contributed by atoms with van der Waals surface area (Å²) in [7, 11) is 0. The molecule has 0 aliphatic heterocycles. The normalized spacial score (nSPS) is 15.1. The zero-order valence-corrected chi connectivity index (χ0v) is 25.3. The molecular weight excluding hydrogens is 504 g/mol. The van der Waals surface area contributed by atoms with Crippen molar-refractivity contribution in [3.05, 3.63) is 71.8 Å². The number of esters is 2. The van der Waals surface area contributed by atoms with E-state index in [0.717, 1.165) is 11.1 Å². The summed E-state index contributed by atoms with van der Waals surface area (Å²) in [4.78, 5) is 25.1. The van der Waals surface area contributed by atoms with Crippen LogP contribution in [0.3, 0.4) is 0 Å². The Balaban J connectivity index is 1.70. The van der Waals surface area contributed by atoms with Crippen molar-refractivity contribution in [1.82, 2.24) is 0 Å². The number of benzene rings is 2. The van der Waals surface area contributed by atoms with Gasteiger partial charge < -0.3 is 19.7 Å². The lowest BCUT2D eigenvalue weighted by Crippen LogP contribution is -2.32. The summed E-state index contributed by atoms with van der Waals surface area (Å²) in [6.07, 6.45) is 2.19. The Morgan fingerprint density at radius 2 is 1.18 bits per heavy atom. The second-order valence-corrected chi connectivity index (χ2v) is 12.9. The first kappa shape index (κ1) is 33.5. The van der Waals surface area contributed by atoms with E-state index in [0.29, 0.717) is 32.1 Å². The molecule has 0 aliphatic rings. The third-order valence-corrected chi connectivity index (χ3v) is 7.65. The first-order valence-corrected chi connectivity index (χ1v) is 14.6. The Bertz CT molecular complexity index is 1020. The van der Waals surface area contributed by atoms with Gasteiger partial charge in [-0.15, -0.1) is 0 Å². The SMILES string of the molecule is CC(CC(C)(C)CC(=O)OCc1ccccc1)C(O)CCCC(O)C(C)CC(C)(C)C(=O)OCc1ccccc1. The number of ether oxygens (including phenoxy) is 2.